The summed E-state index contributed by atoms with van der Waals surface area (Å²) < 4.78 is 7.23. The van der Waals surface area contributed by atoms with Crippen LogP contribution in [0.4, 0.5) is 0 Å². The minimum Gasteiger partial charge on any atom is -0.389 e. The third-order valence-electron chi connectivity index (χ3n) is 1.41. The van der Waals surface area contributed by atoms with Crippen LogP contribution in [-0.2, 0) is 0 Å². The van der Waals surface area contributed by atoms with Crippen LogP contribution in [0.3, 0.4) is 0 Å². The molecule has 0 fully saturated rings. The standard InChI is InChI=1S/C7H12O/c1-6-3-2-4-7(8)5-6/h2,4,6-8H,3,5H2,1H3/t6-,7+/m1/s1/i7D. The summed E-state index contributed by atoms with van der Waals surface area (Å²) in [5.74, 6) is 0.456. The molecule has 1 aliphatic carbocycles. The summed E-state index contributed by atoms with van der Waals surface area (Å²) in [4.78, 5) is 0. The zero-order valence-corrected chi connectivity index (χ0v) is 5.09. The second-order valence-electron chi connectivity index (χ2n) is 2.44. The lowest BCUT2D eigenvalue weighted by molar-refractivity contribution is 0.183. The average molecular weight is 113 g/mol. The summed E-state index contributed by atoms with van der Waals surface area (Å²) in [6, 6.07) is 0. The first-order chi connectivity index (χ1) is 4.10. The molecule has 46 valence electrons. The number of hydrogen-bond acceptors (Lipinski definition) is 1. The first kappa shape index (κ1) is 4.57. The Morgan fingerprint density at radius 2 is 2.62 bits per heavy atom. The van der Waals surface area contributed by atoms with Crippen molar-refractivity contribution in [3.05, 3.63) is 12.2 Å². The Kier molecular flexibility index (Phi) is 1.32. The molecule has 0 spiro atoms. The fraction of sp³-hybridized carbons (Fsp3) is 0.714. The van der Waals surface area contributed by atoms with E-state index in [4.69, 9.17) is 6.48 Å². The van der Waals surface area contributed by atoms with Crippen LogP contribution < -0.4 is 0 Å². The van der Waals surface area contributed by atoms with E-state index >= 15 is 0 Å². The summed E-state index contributed by atoms with van der Waals surface area (Å²) in [5, 5.41) is 9.12. The van der Waals surface area contributed by atoms with Gasteiger partial charge in [0.25, 0.3) is 0 Å². The fourth-order valence-corrected chi connectivity index (χ4v) is 0.945. The first-order valence-electron chi connectivity index (χ1n) is 3.50. The van der Waals surface area contributed by atoms with Crippen molar-refractivity contribution in [2.75, 3.05) is 0 Å². The fourth-order valence-electron chi connectivity index (χ4n) is 0.945. The van der Waals surface area contributed by atoms with E-state index in [2.05, 4.69) is 0 Å². The predicted molar refractivity (Wildman–Crippen MR) is 33.5 cm³/mol. The molecule has 0 radical (unpaired) electrons. The van der Waals surface area contributed by atoms with Crippen LogP contribution in [0.1, 0.15) is 21.1 Å². The Hall–Kier alpha value is -0.300. The summed E-state index contributed by atoms with van der Waals surface area (Å²) >= 11 is 0. The Bertz CT molecular complexity index is 129. The molecule has 0 heterocycles. The third kappa shape index (κ3) is 1.34. The molecule has 1 aliphatic rings. The number of hydrogen-bond donors (Lipinski definition) is 1. The van der Waals surface area contributed by atoms with E-state index in [-0.39, 0.29) is 0 Å². The molecule has 8 heavy (non-hydrogen) atoms. The zero-order chi connectivity index (χ0) is 6.91. The van der Waals surface area contributed by atoms with Crippen LogP contribution in [0.15, 0.2) is 12.2 Å². The maximum Gasteiger partial charge on any atom is 0.0723 e. The molecule has 1 rings (SSSR count). The molecule has 0 aromatic heterocycles. The van der Waals surface area contributed by atoms with Crippen molar-refractivity contribution in [3.63, 3.8) is 0 Å². The molecule has 2 atom stereocenters. The van der Waals surface area contributed by atoms with Gasteiger partial charge >= 0.3 is 0 Å². The maximum atomic E-state index is 9.12. The van der Waals surface area contributed by atoms with Crippen molar-refractivity contribution >= 4 is 0 Å². The van der Waals surface area contributed by atoms with Crippen molar-refractivity contribution in [2.24, 2.45) is 5.92 Å². The predicted octanol–water partition coefficient (Wildman–Crippen LogP) is 1.33. The Morgan fingerprint density at radius 1 is 1.88 bits per heavy atom. The van der Waals surface area contributed by atoms with Crippen molar-refractivity contribution in [1.29, 1.82) is 0 Å². The number of allylic oxidation sites excluding steroid dienone is 1. The van der Waals surface area contributed by atoms with Crippen molar-refractivity contribution in [2.45, 2.75) is 25.8 Å². The van der Waals surface area contributed by atoms with Gasteiger partial charge in [-0.25, -0.2) is 0 Å². The van der Waals surface area contributed by atoms with Crippen LogP contribution in [0.5, 0.6) is 0 Å². The second-order valence-corrected chi connectivity index (χ2v) is 2.44. The highest BCUT2D eigenvalue weighted by Gasteiger charge is 2.09. The molecule has 0 aromatic rings. The molecule has 0 bridgehead atoms. The van der Waals surface area contributed by atoms with Crippen LogP contribution in [0.2, 0.25) is 0 Å². The van der Waals surface area contributed by atoms with E-state index in [9.17, 15) is 0 Å². The van der Waals surface area contributed by atoms with Gasteiger partial charge in [0.15, 0.2) is 0 Å². The normalized spacial score (nSPS) is 48.8. The van der Waals surface area contributed by atoms with E-state index in [1.54, 1.807) is 6.08 Å². The Labute approximate surface area is 51.4 Å². The smallest absolute Gasteiger partial charge is 0.0723 e. The minimum atomic E-state index is -1.28. The third-order valence-corrected chi connectivity index (χ3v) is 1.41. The molecule has 0 aliphatic heterocycles. The monoisotopic (exact) mass is 113 g/mol. The molecule has 0 aromatic carbocycles. The summed E-state index contributed by atoms with van der Waals surface area (Å²) in [6.07, 6.45) is 3.73. The van der Waals surface area contributed by atoms with Gasteiger partial charge in [-0.3, -0.25) is 0 Å². The van der Waals surface area contributed by atoms with Gasteiger partial charge in [-0.15, -0.1) is 0 Å². The van der Waals surface area contributed by atoms with Gasteiger partial charge in [-0.1, -0.05) is 19.1 Å². The second kappa shape index (κ2) is 2.31. The van der Waals surface area contributed by atoms with Crippen LogP contribution in [0, 0.1) is 5.92 Å². The molecule has 1 nitrogen and oxygen atoms in total. The molecule has 0 saturated carbocycles. The van der Waals surface area contributed by atoms with Gasteiger partial charge in [0.05, 0.1) is 7.45 Å². The lowest BCUT2D eigenvalue weighted by Gasteiger charge is -2.16. The molecule has 0 unspecified atom stereocenters. The lowest BCUT2D eigenvalue weighted by atomic mass is 9.95. The van der Waals surface area contributed by atoms with E-state index in [1.165, 1.54) is 0 Å². The molecule has 1 heteroatoms. The summed E-state index contributed by atoms with van der Waals surface area (Å²) in [7, 11) is 0. The summed E-state index contributed by atoms with van der Waals surface area (Å²) in [6.45, 7) is 2.04. The minimum absolute atomic E-state index is 0.456. The van der Waals surface area contributed by atoms with E-state index in [0.29, 0.717) is 12.3 Å². The highest BCUT2D eigenvalue weighted by atomic mass is 16.3. The first-order valence-corrected chi connectivity index (χ1v) is 3.00. The highest BCUT2D eigenvalue weighted by molar-refractivity contribution is 4.95. The average Bonchev–Trinajstić information content (AvgIpc) is 1.60. The highest BCUT2D eigenvalue weighted by Crippen LogP contribution is 2.16. The topological polar surface area (TPSA) is 20.2 Å². The summed E-state index contributed by atoms with van der Waals surface area (Å²) in [5.41, 5.74) is 0. The Morgan fingerprint density at radius 3 is 3.00 bits per heavy atom. The van der Waals surface area contributed by atoms with E-state index < -0.39 is 6.08 Å². The van der Waals surface area contributed by atoms with Crippen LogP contribution >= 0.6 is 0 Å². The quantitative estimate of drug-likeness (QED) is 0.470. The van der Waals surface area contributed by atoms with Gasteiger partial charge in [0.2, 0.25) is 0 Å². The van der Waals surface area contributed by atoms with E-state index in [1.807, 2.05) is 13.0 Å². The zero-order valence-electron chi connectivity index (χ0n) is 6.09. The van der Waals surface area contributed by atoms with Gasteiger partial charge < -0.3 is 5.11 Å². The molecule has 0 amide bonds. The lowest BCUT2D eigenvalue weighted by Crippen LogP contribution is -2.11. The molecule has 1 N–H and O–H groups in total. The Balaban J connectivity index is 2.60. The van der Waals surface area contributed by atoms with Gasteiger partial charge in [-0.05, 0) is 18.8 Å². The number of aliphatic hydroxyl groups is 1. The van der Waals surface area contributed by atoms with Crippen molar-refractivity contribution < 1.29 is 6.48 Å². The SMILES string of the molecule is [2H][C@]1(O)C=CC[C@@H](C)C1. The molecular weight excluding hydrogens is 100 g/mol. The molecular formula is C7H12O. The van der Waals surface area contributed by atoms with Crippen molar-refractivity contribution in [1.82, 2.24) is 0 Å². The maximum absolute atomic E-state index is 9.12. The molecule has 0 saturated heterocycles. The van der Waals surface area contributed by atoms with E-state index in [0.717, 1.165) is 6.42 Å². The largest absolute Gasteiger partial charge is 0.389 e. The van der Waals surface area contributed by atoms with Gasteiger partial charge in [0.1, 0.15) is 0 Å². The number of rotatable bonds is 0. The van der Waals surface area contributed by atoms with Crippen LogP contribution in [0.25, 0.3) is 0 Å². The van der Waals surface area contributed by atoms with Gasteiger partial charge in [0, 0.05) is 0 Å². The van der Waals surface area contributed by atoms with Crippen LogP contribution in [-0.4, -0.2) is 11.2 Å². The van der Waals surface area contributed by atoms with Crippen molar-refractivity contribution in [3.8, 4) is 0 Å². The van der Waals surface area contributed by atoms with Gasteiger partial charge in [-0.2, -0.15) is 0 Å².